The van der Waals surface area contributed by atoms with E-state index in [0.717, 1.165) is 35.1 Å². The topological polar surface area (TPSA) is 65.8 Å². The van der Waals surface area contributed by atoms with Gasteiger partial charge in [-0.05, 0) is 36.8 Å². The summed E-state index contributed by atoms with van der Waals surface area (Å²) in [5, 5.41) is 1.04. The van der Waals surface area contributed by atoms with Crippen molar-refractivity contribution in [1.29, 1.82) is 0 Å². The van der Waals surface area contributed by atoms with Gasteiger partial charge in [-0.3, -0.25) is 9.78 Å². The zero-order chi connectivity index (χ0) is 20.2. The van der Waals surface area contributed by atoms with Crippen LogP contribution in [0.25, 0.3) is 22.2 Å². The van der Waals surface area contributed by atoms with Gasteiger partial charge in [-0.2, -0.15) is 0 Å². The highest BCUT2D eigenvalue weighted by Crippen LogP contribution is 2.34. The summed E-state index contributed by atoms with van der Waals surface area (Å²) < 4.78 is 18.2. The Hall–Kier alpha value is -3.06. The first-order valence-electron chi connectivity index (χ1n) is 9.73. The number of rotatable bonds is 5. The second-order valence-corrected chi connectivity index (χ2v) is 6.96. The normalized spacial score (nSPS) is 14.6. The van der Waals surface area contributed by atoms with Gasteiger partial charge in [0.15, 0.2) is 11.5 Å². The van der Waals surface area contributed by atoms with Crippen LogP contribution in [0.4, 0.5) is 0 Å². The second-order valence-electron chi connectivity index (χ2n) is 6.96. The number of fused-ring (bicyclic) bond motifs is 1. The van der Waals surface area contributed by atoms with Gasteiger partial charge in [0, 0.05) is 43.0 Å². The Morgan fingerprint density at radius 1 is 1.10 bits per heavy atom. The lowest BCUT2D eigenvalue weighted by Crippen LogP contribution is -2.35. The van der Waals surface area contributed by atoms with Gasteiger partial charge in [-0.25, -0.2) is 0 Å². The van der Waals surface area contributed by atoms with Crippen molar-refractivity contribution >= 4 is 16.8 Å². The standard InChI is InChI=1S/C22H25N3O4/c1-27-18-5-4-17(14-19(18)28-2)21-22-16(6-8-23-21)7-10-25(22)15-20(26)24-9-3-12-29-13-11-24/h4-8,10,14H,3,9,11-13,15H2,1-2H3. The van der Waals surface area contributed by atoms with Gasteiger partial charge in [0.25, 0.3) is 0 Å². The minimum absolute atomic E-state index is 0.0927. The number of carbonyl (C=O) groups is 1. The van der Waals surface area contributed by atoms with E-state index in [2.05, 4.69) is 4.98 Å². The third-order valence-electron chi connectivity index (χ3n) is 5.21. The molecule has 3 aromatic rings. The highest BCUT2D eigenvalue weighted by molar-refractivity contribution is 5.93. The molecule has 0 aliphatic carbocycles. The van der Waals surface area contributed by atoms with Crippen LogP contribution in [0.2, 0.25) is 0 Å². The van der Waals surface area contributed by atoms with Crippen LogP contribution in [-0.4, -0.2) is 60.9 Å². The van der Waals surface area contributed by atoms with Crippen molar-refractivity contribution in [3.8, 4) is 22.8 Å². The first-order valence-corrected chi connectivity index (χ1v) is 9.73. The molecule has 0 atom stereocenters. The number of nitrogens with zero attached hydrogens (tertiary/aromatic N) is 3. The molecule has 1 aliphatic rings. The van der Waals surface area contributed by atoms with E-state index in [0.29, 0.717) is 31.3 Å². The number of hydrogen-bond donors (Lipinski definition) is 0. The molecule has 0 unspecified atom stereocenters. The Kier molecular flexibility index (Phi) is 5.67. The Bertz CT molecular complexity index is 1010. The highest BCUT2D eigenvalue weighted by atomic mass is 16.5. The smallest absolute Gasteiger partial charge is 0.242 e. The quantitative estimate of drug-likeness (QED) is 0.665. The third kappa shape index (κ3) is 3.91. The molecule has 1 saturated heterocycles. The van der Waals surface area contributed by atoms with E-state index in [-0.39, 0.29) is 12.5 Å². The summed E-state index contributed by atoms with van der Waals surface area (Å²) in [6.45, 7) is 2.95. The molecule has 0 N–H and O–H groups in total. The summed E-state index contributed by atoms with van der Waals surface area (Å²) >= 11 is 0. The minimum atomic E-state index is 0.0927. The van der Waals surface area contributed by atoms with Crippen molar-refractivity contribution in [2.75, 3.05) is 40.5 Å². The van der Waals surface area contributed by atoms with Crippen LogP contribution in [0, 0.1) is 0 Å². The number of ether oxygens (including phenoxy) is 3. The van der Waals surface area contributed by atoms with Crippen molar-refractivity contribution in [2.45, 2.75) is 13.0 Å². The van der Waals surface area contributed by atoms with Gasteiger partial charge >= 0.3 is 0 Å². The molecule has 1 amide bonds. The van der Waals surface area contributed by atoms with Crippen LogP contribution in [0.3, 0.4) is 0 Å². The maximum absolute atomic E-state index is 12.9. The zero-order valence-electron chi connectivity index (χ0n) is 16.8. The molecule has 1 aliphatic heterocycles. The number of pyridine rings is 1. The maximum atomic E-state index is 12.9. The fraction of sp³-hybridized carbons (Fsp3) is 0.364. The van der Waals surface area contributed by atoms with Gasteiger partial charge in [0.2, 0.25) is 5.91 Å². The van der Waals surface area contributed by atoms with Crippen LogP contribution in [0.15, 0.2) is 42.7 Å². The van der Waals surface area contributed by atoms with Gasteiger partial charge in [-0.1, -0.05) is 0 Å². The van der Waals surface area contributed by atoms with Gasteiger partial charge in [-0.15, -0.1) is 0 Å². The molecule has 1 aromatic carbocycles. The van der Waals surface area contributed by atoms with Crippen LogP contribution in [0.5, 0.6) is 11.5 Å². The van der Waals surface area contributed by atoms with E-state index in [9.17, 15) is 4.79 Å². The number of benzene rings is 1. The van der Waals surface area contributed by atoms with Gasteiger partial charge in [0.1, 0.15) is 6.54 Å². The molecule has 1 fully saturated rings. The van der Waals surface area contributed by atoms with Crippen LogP contribution < -0.4 is 9.47 Å². The zero-order valence-corrected chi connectivity index (χ0v) is 16.8. The number of carbonyl (C=O) groups excluding carboxylic acids is 1. The van der Waals surface area contributed by atoms with E-state index in [1.807, 2.05) is 46.0 Å². The van der Waals surface area contributed by atoms with E-state index in [1.54, 1.807) is 20.4 Å². The fourth-order valence-electron chi connectivity index (χ4n) is 3.72. The lowest BCUT2D eigenvalue weighted by Gasteiger charge is -2.20. The molecule has 0 spiro atoms. The lowest BCUT2D eigenvalue weighted by atomic mass is 10.1. The Balaban J connectivity index is 1.70. The molecular weight excluding hydrogens is 370 g/mol. The predicted octanol–water partition coefficient (Wildman–Crippen LogP) is 2.97. The molecule has 4 rings (SSSR count). The fourth-order valence-corrected chi connectivity index (χ4v) is 3.72. The van der Waals surface area contributed by atoms with Crippen LogP contribution >= 0.6 is 0 Å². The van der Waals surface area contributed by atoms with Crippen molar-refractivity contribution in [2.24, 2.45) is 0 Å². The summed E-state index contributed by atoms with van der Waals surface area (Å²) in [7, 11) is 3.23. The molecule has 3 heterocycles. The lowest BCUT2D eigenvalue weighted by molar-refractivity contribution is -0.131. The summed E-state index contributed by atoms with van der Waals surface area (Å²) in [4.78, 5) is 19.4. The van der Waals surface area contributed by atoms with E-state index in [4.69, 9.17) is 14.2 Å². The average Bonchev–Trinajstić information content (AvgIpc) is 2.98. The number of amides is 1. The maximum Gasteiger partial charge on any atom is 0.242 e. The number of methoxy groups -OCH3 is 2. The Morgan fingerprint density at radius 2 is 1.97 bits per heavy atom. The largest absolute Gasteiger partial charge is 0.493 e. The van der Waals surface area contributed by atoms with Crippen molar-refractivity contribution in [3.63, 3.8) is 0 Å². The summed E-state index contributed by atoms with van der Waals surface area (Å²) in [6.07, 6.45) is 4.60. The van der Waals surface area contributed by atoms with Crippen LogP contribution in [0.1, 0.15) is 6.42 Å². The Labute approximate surface area is 169 Å². The van der Waals surface area contributed by atoms with Gasteiger partial charge in [0.05, 0.1) is 32.0 Å². The molecule has 2 aromatic heterocycles. The summed E-state index contributed by atoms with van der Waals surface area (Å²) in [5.74, 6) is 1.40. The predicted molar refractivity (Wildman–Crippen MR) is 110 cm³/mol. The third-order valence-corrected chi connectivity index (χ3v) is 5.21. The summed E-state index contributed by atoms with van der Waals surface area (Å²) in [6, 6.07) is 9.70. The molecule has 7 heteroatoms. The van der Waals surface area contributed by atoms with Gasteiger partial charge < -0.3 is 23.7 Å². The molecular formula is C22H25N3O4. The first kappa shape index (κ1) is 19.3. The average molecular weight is 395 g/mol. The molecule has 0 saturated carbocycles. The van der Waals surface area contributed by atoms with Crippen molar-refractivity contribution < 1.29 is 19.0 Å². The van der Waals surface area contributed by atoms with E-state index >= 15 is 0 Å². The van der Waals surface area contributed by atoms with Crippen molar-refractivity contribution in [1.82, 2.24) is 14.5 Å². The molecule has 0 bridgehead atoms. The number of hydrogen-bond acceptors (Lipinski definition) is 5. The monoisotopic (exact) mass is 395 g/mol. The molecule has 29 heavy (non-hydrogen) atoms. The van der Waals surface area contributed by atoms with E-state index < -0.39 is 0 Å². The molecule has 0 radical (unpaired) electrons. The first-order chi connectivity index (χ1) is 14.2. The molecule has 7 nitrogen and oxygen atoms in total. The number of aromatic nitrogens is 2. The summed E-state index contributed by atoms with van der Waals surface area (Å²) in [5.41, 5.74) is 2.64. The SMILES string of the molecule is COc1ccc(-c2nccc3ccn(CC(=O)N4CCCOCC4)c23)cc1OC. The van der Waals surface area contributed by atoms with Crippen molar-refractivity contribution in [3.05, 3.63) is 42.7 Å². The second kappa shape index (κ2) is 8.53. The Morgan fingerprint density at radius 3 is 2.79 bits per heavy atom. The van der Waals surface area contributed by atoms with E-state index in [1.165, 1.54) is 0 Å². The highest BCUT2D eigenvalue weighted by Gasteiger charge is 2.19. The van der Waals surface area contributed by atoms with Crippen LogP contribution in [-0.2, 0) is 16.1 Å². The molecule has 152 valence electrons. The minimum Gasteiger partial charge on any atom is -0.493 e.